The topological polar surface area (TPSA) is 29.5 Å². The van der Waals surface area contributed by atoms with Crippen LogP contribution in [0.5, 0.6) is 0 Å². The second kappa shape index (κ2) is 6.60. The third-order valence-electron chi connectivity index (χ3n) is 3.30. The molecule has 0 aliphatic heterocycles. The van der Waals surface area contributed by atoms with Crippen LogP contribution < -0.4 is 4.90 Å². The Hall–Kier alpha value is -1.51. The maximum Gasteiger partial charge on any atom is 0.340 e. The van der Waals surface area contributed by atoms with Crippen molar-refractivity contribution in [1.82, 2.24) is 0 Å². The smallest absolute Gasteiger partial charge is 0.340 e. The molecule has 19 heavy (non-hydrogen) atoms. The lowest BCUT2D eigenvalue weighted by Gasteiger charge is -2.21. The van der Waals surface area contributed by atoms with Gasteiger partial charge in [-0.25, -0.2) is 4.79 Å². The molecule has 1 aromatic rings. The van der Waals surface area contributed by atoms with Crippen molar-refractivity contribution in [2.75, 3.05) is 25.6 Å². The molecule has 106 valence electrons. The number of benzene rings is 1. The molecule has 1 aromatic carbocycles. The van der Waals surface area contributed by atoms with Gasteiger partial charge in [0.05, 0.1) is 17.9 Å². The molecule has 0 unspecified atom stereocenters. The first-order valence-corrected chi connectivity index (χ1v) is 6.79. The Bertz CT molecular complexity index is 450. The highest BCUT2D eigenvalue weighted by atomic mass is 16.5. The lowest BCUT2D eigenvalue weighted by molar-refractivity contribution is 0.0489. The second-order valence-electron chi connectivity index (χ2n) is 5.62. The summed E-state index contributed by atoms with van der Waals surface area (Å²) in [5.74, 6) is 0.313. The Morgan fingerprint density at radius 3 is 2.42 bits per heavy atom. The van der Waals surface area contributed by atoms with E-state index in [0.29, 0.717) is 18.1 Å². The van der Waals surface area contributed by atoms with E-state index < -0.39 is 0 Å². The van der Waals surface area contributed by atoms with Crippen molar-refractivity contribution < 1.29 is 9.53 Å². The van der Waals surface area contributed by atoms with Crippen molar-refractivity contribution in [2.24, 2.45) is 5.92 Å². The molecule has 3 heteroatoms. The molecule has 0 aliphatic rings. The molecule has 0 heterocycles. The minimum Gasteiger partial charge on any atom is -0.462 e. The van der Waals surface area contributed by atoms with Crippen LogP contribution in [-0.4, -0.2) is 26.7 Å². The van der Waals surface area contributed by atoms with Gasteiger partial charge in [0.15, 0.2) is 0 Å². The van der Waals surface area contributed by atoms with Gasteiger partial charge >= 0.3 is 5.97 Å². The maximum atomic E-state index is 12.2. The Morgan fingerprint density at radius 1 is 1.26 bits per heavy atom. The predicted octanol–water partition coefficient (Wildman–Crippen LogP) is 3.57. The Labute approximate surface area is 116 Å². The molecular formula is C16H25NO2. The number of rotatable bonds is 5. The molecule has 0 aromatic heterocycles. The van der Waals surface area contributed by atoms with Crippen LogP contribution >= 0.6 is 0 Å². The van der Waals surface area contributed by atoms with Gasteiger partial charge < -0.3 is 9.64 Å². The van der Waals surface area contributed by atoms with Crippen LogP contribution in [0.4, 0.5) is 5.69 Å². The first-order chi connectivity index (χ1) is 8.84. The molecule has 0 N–H and O–H groups in total. The van der Waals surface area contributed by atoms with Gasteiger partial charge in [-0.3, -0.25) is 0 Å². The van der Waals surface area contributed by atoms with Gasteiger partial charge in [-0.1, -0.05) is 19.9 Å². The lowest BCUT2D eigenvalue weighted by atomic mass is 10.0. The maximum absolute atomic E-state index is 12.2. The average molecular weight is 263 g/mol. The molecule has 0 bridgehead atoms. The van der Waals surface area contributed by atoms with Crippen molar-refractivity contribution >= 4 is 11.7 Å². The van der Waals surface area contributed by atoms with Crippen molar-refractivity contribution in [3.05, 3.63) is 28.8 Å². The van der Waals surface area contributed by atoms with Gasteiger partial charge in [-0.2, -0.15) is 0 Å². The zero-order chi connectivity index (χ0) is 14.6. The minimum absolute atomic E-state index is 0.229. The second-order valence-corrected chi connectivity index (χ2v) is 5.62. The monoisotopic (exact) mass is 263 g/mol. The molecular weight excluding hydrogens is 238 g/mol. The van der Waals surface area contributed by atoms with Crippen molar-refractivity contribution in [3.8, 4) is 0 Å². The highest BCUT2D eigenvalue weighted by Gasteiger charge is 2.17. The van der Waals surface area contributed by atoms with Gasteiger partial charge in [-0.15, -0.1) is 0 Å². The van der Waals surface area contributed by atoms with Crippen LogP contribution in [0, 0.1) is 19.8 Å². The van der Waals surface area contributed by atoms with Gasteiger partial charge in [0.25, 0.3) is 0 Å². The quantitative estimate of drug-likeness (QED) is 0.761. The molecule has 1 rings (SSSR count). The molecule has 0 saturated heterocycles. The summed E-state index contributed by atoms with van der Waals surface area (Å²) < 4.78 is 5.36. The minimum atomic E-state index is -0.229. The Kier molecular flexibility index (Phi) is 5.40. The Morgan fingerprint density at radius 2 is 1.89 bits per heavy atom. The molecule has 0 fully saturated rings. The van der Waals surface area contributed by atoms with E-state index in [1.807, 2.05) is 38.1 Å². The normalized spacial score (nSPS) is 10.7. The zero-order valence-electron chi connectivity index (χ0n) is 12.9. The first kappa shape index (κ1) is 15.5. The summed E-state index contributed by atoms with van der Waals surface area (Å²) >= 11 is 0. The van der Waals surface area contributed by atoms with E-state index in [4.69, 9.17) is 4.74 Å². The van der Waals surface area contributed by atoms with Gasteiger partial charge in [0.1, 0.15) is 0 Å². The molecule has 0 radical (unpaired) electrons. The van der Waals surface area contributed by atoms with E-state index in [2.05, 4.69) is 20.8 Å². The summed E-state index contributed by atoms with van der Waals surface area (Å²) in [5, 5.41) is 0. The van der Waals surface area contributed by atoms with E-state index >= 15 is 0 Å². The fourth-order valence-corrected chi connectivity index (χ4v) is 2.01. The lowest BCUT2D eigenvalue weighted by Crippen LogP contribution is -2.18. The van der Waals surface area contributed by atoms with Crippen LogP contribution in [0.1, 0.15) is 41.8 Å². The molecule has 0 aliphatic carbocycles. The number of hydrogen-bond acceptors (Lipinski definition) is 3. The van der Waals surface area contributed by atoms with Gasteiger partial charge in [0.2, 0.25) is 0 Å². The van der Waals surface area contributed by atoms with Crippen molar-refractivity contribution in [3.63, 3.8) is 0 Å². The number of aryl methyl sites for hydroxylation is 1. The van der Waals surface area contributed by atoms with E-state index in [0.717, 1.165) is 17.7 Å². The number of carbonyl (C=O) groups is 1. The van der Waals surface area contributed by atoms with Crippen LogP contribution in [0.2, 0.25) is 0 Å². The average Bonchev–Trinajstić information content (AvgIpc) is 2.31. The van der Waals surface area contributed by atoms with E-state index in [9.17, 15) is 4.79 Å². The van der Waals surface area contributed by atoms with Crippen LogP contribution in [0.3, 0.4) is 0 Å². The molecule has 3 nitrogen and oxygen atoms in total. The van der Waals surface area contributed by atoms with Crippen LogP contribution in [0.25, 0.3) is 0 Å². The highest BCUT2D eigenvalue weighted by Crippen LogP contribution is 2.27. The summed E-state index contributed by atoms with van der Waals surface area (Å²) in [6.45, 7) is 8.81. The predicted molar refractivity (Wildman–Crippen MR) is 80.0 cm³/mol. The molecule has 0 atom stereocenters. The van der Waals surface area contributed by atoms with E-state index in [1.165, 1.54) is 5.56 Å². The molecule has 0 saturated carbocycles. The van der Waals surface area contributed by atoms with Gasteiger partial charge in [-0.05, 0) is 43.4 Å². The molecule has 0 spiro atoms. The fourth-order valence-electron chi connectivity index (χ4n) is 2.01. The number of anilines is 1. The summed E-state index contributed by atoms with van der Waals surface area (Å²) in [7, 11) is 3.90. The number of hydrogen-bond donors (Lipinski definition) is 0. The van der Waals surface area contributed by atoms with Crippen LogP contribution in [-0.2, 0) is 4.74 Å². The summed E-state index contributed by atoms with van der Waals surface area (Å²) in [4.78, 5) is 14.1. The summed E-state index contributed by atoms with van der Waals surface area (Å²) in [5.41, 5.74) is 3.91. The third-order valence-corrected chi connectivity index (χ3v) is 3.30. The van der Waals surface area contributed by atoms with Crippen molar-refractivity contribution in [1.29, 1.82) is 0 Å². The van der Waals surface area contributed by atoms with Crippen molar-refractivity contribution in [2.45, 2.75) is 34.1 Å². The number of ether oxygens (including phenoxy) is 1. The SMILES string of the molecule is Cc1ccc(C(=O)OCCC(C)C)c(N(C)C)c1C. The number of esters is 1. The largest absolute Gasteiger partial charge is 0.462 e. The summed E-state index contributed by atoms with van der Waals surface area (Å²) in [6.07, 6.45) is 0.897. The number of nitrogens with zero attached hydrogens (tertiary/aromatic N) is 1. The highest BCUT2D eigenvalue weighted by molar-refractivity contribution is 5.97. The first-order valence-electron chi connectivity index (χ1n) is 6.79. The fraction of sp³-hybridized carbons (Fsp3) is 0.562. The standard InChI is InChI=1S/C16H25NO2/c1-11(2)9-10-19-16(18)14-8-7-12(3)13(4)15(14)17(5)6/h7-8,11H,9-10H2,1-6H3. The third kappa shape index (κ3) is 3.98. The summed E-state index contributed by atoms with van der Waals surface area (Å²) in [6, 6.07) is 3.83. The van der Waals surface area contributed by atoms with Gasteiger partial charge in [0, 0.05) is 14.1 Å². The molecule has 0 amide bonds. The zero-order valence-corrected chi connectivity index (χ0v) is 12.9. The van der Waals surface area contributed by atoms with Crippen LogP contribution in [0.15, 0.2) is 12.1 Å². The Balaban J connectivity index is 2.94. The van der Waals surface area contributed by atoms with E-state index in [1.54, 1.807) is 0 Å². The number of carbonyl (C=O) groups excluding carboxylic acids is 1. The van der Waals surface area contributed by atoms with E-state index in [-0.39, 0.29) is 5.97 Å².